The zero-order valence-corrected chi connectivity index (χ0v) is 23.7. The summed E-state index contributed by atoms with van der Waals surface area (Å²) in [4.78, 5) is 21.9. The molecular formula is C36H39N3O2. The van der Waals surface area contributed by atoms with Gasteiger partial charge < -0.3 is 15.5 Å². The number of nitrogens with zero attached hydrogens (tertiary/aromatic N) is 2. The molecule has 0 radical (unpaired) electrons. The molecule has 1 amide bonds. The van der Waals surface area contributed by atoms with Crippen LogP contribution in [0.25, 0.3) is 0 Å². The second-order valence-electron chi connectivity index (χ2n) is 10.9. The van der Waals surface area contributed by atoms with Crippen LogP contribution in [0.3, 0.4) is 0 Å². The zero-order chi connectivity index (χ0) is 28.5. The molecule has 0 saturated carbocycles. The molecule has 0 unspecified atom stereocenters. The van der Waals surface area contributed by atoms with Crippen molar-refractivity contribution in [3.63, 3.8) is 0 Å². The van der Waals surface area contributed by atoms with E-state index in [0.29, 0.717) is 6.61 Å². The highest BCUT2D eigenvalue weighted by molar-refractivity contribution is 6.00. The van der Waals surface area contributed by atoms with Gasteiger partial charge >= 0.3 is 0 Å². The number of likely N-dealkylation sites (tertiary alicyclic amines) is 1. The minimum absolute atomic E-state index is 0.0428. The number of hydrogen-bond donors (Lipinski definition) is 1. The fourth-order valence-corrected chi connectivity index (χ4v) is 6.51. The third kappa shape index (κ3) is 6.26. The molecule has 1 heterocycles. The molecule has 2 N–H and O–H groups in total. The molecule has 0 aromatic heterocycles. The standard InChI is InChI=1S/C36H39N3O2/c1-39-26-25-32(36(35(37)40,30-19-10-4-11-20-30)31-21-12-5-13-22-31)34(39)24-14-23-33(29-17-8-3-9-18-29)38-41-27-28-15-6-2-7-16-28/h2-13,15-22,32,34H,14,23-27H2,1H3,(H2,37,40)/b38-33+/t32-,34+/m1/s1. The maximum atomic E-state index is 13.6. The third-order valence-electron chi connectivity index (χ3n) is 8.50. The van der Waals surface area contributed by atoms with Crippen LogP contribution in [0.15, 0.2) is 126 Å². The van der Waals surface area contributed by atoms with Crippen molar-refractivity contribution in [3.8, 4) is 0 Å². The summed E-state index contributed by atoms with van der Waals surface area (Å²) in [5.74, 6) is -0.248. The number of benzene rings is 4. The van der Waals surface area contributed by atoms with Crippen molar-refractivity contribution in [2.45, 2.75) is 43.7 Å². The molecule has 5 nitrogen and oxygen atoms in total. The van der Waals surface area contributed by atoms with Crippen molar-refractivity contribution in [1.82, 2.24) is 4.90 Å². The number of carbonyl (C=O) groups is 1. The third-order valence-corrected chi connectivity index (χ3v) is 8.50. The summed E-state index contributed by atoms with van der Waals surface area (Å²) in [6.45, 7) is 1.35. The number of rotatable bonds is 12. The summed E-state index contributed by atoms with van der Waals surface area (Å²) >= 11 is 0. The summed E-state index contributed by atoms with van der Waals surface area (Å²) < 4.78 is 0. The lowest BCUT2D eigenvalue weighted by Gasteiger charge is -2.41. The van der Waals surface area contributed by atoms with Gasteiger partial charge in [0.2, 0.25) is 5.91 Å². The van der Waals surface area contributed by atoms with Crippen molar-refractivity contribution in [3.05, 3.63) is 144 Å². The average Bonchev–Trinajstić information content (AvgIpc) is 3.38. The van der Waals surface area contributed by atoms with Gasteiger partial charge in [0.15, 0.2) is 0 Å². The van der Waals surface area contributed by atoms with Gasteiger partial charge in [0.05, 0.1) is 5.71 Å². The van der Waals surface area contributed by atoms with E-state index in [1.54, 1.807) is 0 Å². The molecule has 4 aromatic carbocycles. The molecule has 1 aliphatic heterocycles. The van der Waals surface area contributed by atoms with Gasteiger partial charge in [-0.1, -0.05) is 126 Å². The Morgan fingerprint density at radius 2 is 1.39 bits per heavy atom. The Kier molecular flexibility index (Phi) is 9.27. The Morgan fingerprint density at radius 3 is 1.95 bits per heavy atom. The van der Waals surface area contributed by atoms with Gasteiger partial charge in [-0.15, -0.1) is 0 Å². The molecule has 210 valence electrons. The maximum absolute atomic E-state index is 13.6. The predicted molar refractivity (Wildman–Crippen MR) is 165 cm³/mol. The highest BCUT2D eigenvalue weighted by Gasteiger charge is 2.52. The Hall–Kier alpha value is -4.22. The molecule has 2 atom stereocenters. The first-order valence-corrected chi connectivity index (χ1v) is 14.5. The van der Waals surface area contributed by atoms with E-state index in [9.17, 15) is 4.79 Å². The van der Waals surface area contributed by atoms with Crippen molar-refractivity contribution < 1.29 is 9.63 Å². The predicted octanol–water partition coefficient (Wildman–Crippen LogP) is 6.57. The molecule has 0 aliphatic carbocycles. The van der Waals surface area contributed by atoms with Gasteiger partial charge in [-0.2, -0.15) is 0 Å². The van der Waals surface area contributed by atoms with Crippen LogP contribution in [0.2, 0.25) is 0 Å². The second-order valence-corrected chi connectivity index (χ2v) is 10.9. The van der Waals surface area contributed by atoms with Gasteiger partial charge in [0.1, 0.15) is 12.0 Å². The minimum Gasteiger partial charge on any atom is -0.391 e. The van der Waals surface area contributed by atoms with Gasteiger partial charge in [-0.05, 0) is 67.4 Å². The molecule has 1 fully saturated rings. The summed E-state index contributed by atoms with van der Waals surface area (Å²) in [5, 5.41) is 4.59. The summed E-state index contributed by atoms with van der Waals surface area (Å²) in [6, 6.07) is 40.7. The number of amides is 1. The highest BCUT2D eigenvalue weighted by atomic mass is 16.6. The van der Waals surface area contributed by atoms with Gasteiger partial charge in [0.25, 0.3) is 0 Å². The SMILES string of the molecule is CN1CC[C@@H](C(C(N)=O)(c2ccccc2)c2ccccc2)[C@@H]1CCC/C(=N\OCc1ccccc1)c1ccccc1. The van der Waals surface area contributed by atoms with Crippen LogP contribution in [-0.2, 0) is 21.7 Å². The number of oxime groups is 1. The lowest BCUT2D eigenvalue weighted by Crippen LogP contribution is -2.52. The van der Waals surface area contributed by atoms with Crippen molar-refractivity contribution >= 4 is 11.6 Å². The van der Waals surface area contributed by atoms with Crippen molar-refractivity contribution in [1.29, 1.82) is 0 Å². The monoisotopic (exact) mass is 545 g/mol. The Balaban J connectivity index is 1.39. The molecule has 0 bridgehead atoms. The Morgan fingerprint density at radius 1 is 0.854 bits per heavy atom. The van der Waals surface area contributed by atoms with E-state index >= 15 is 0 Å². The fourth-order valence-electron chi connectivity index (χ4n) is 6.51. The van der Waals surface area contributed by atoms with Crippen LogP contribution in [-0.4, -0.2) is 36.2 Å². The largest absolute Gasteiger partial charge is 0.391 e. The molecule has 41 heavy (non-hydrogen) atoms. The molecule has 5 heteroatoms. The quantitative estimate of drug-likeness (QED) is 0.162. The summed E-state index contributed by atoms with van der Waals surface area (Å²) in [7, 11) is 2.17. The lowest BCUT2D eigenvalue weighted by atomic mass is 9.62. The molecule has 5 rings (SSSR count). The van der Waals surface area contributed by atoms with Crippen LogP contribution >= 0.6 is 0 Å². The normalized spacial score (nSPS) is 17.8. The van der Waals surface area contributed by atoms with Crippen LogP contribution in [0.1, 0.15) is 47.9 Å². The number of carbonyl (C=O) groups excluding carboxylic acids is 1. The highest BCUT2D eigenvalue weighted by Crippen LogP contribution is 2.47. The fraction of sp³-hybridized carbons (Fsp3) is 0.278. The molecule has 1 aliphatic rings. The van der Waals surface area contributed by atoms with E-state index in [1.165, 1.54) is 0 Å². The molecular weight excluding hydrogens is 506 g/mol. The van der Waals surface area contributed by atoms with Gasteiger partial charge in [0, 0.05) is 6.04 Å². The lowest BCUT2D eigenvalue weighted by molar-refractivity contribution is -0.124. The molecule has 0 spiro atoms. The van der Waals surface area contributed by atoms with E-state index in [-0.39, 0.29) is 17.9 Å². The van der Waals surface area contributed by atoms with E-state index < -0.39 is 5.41 Å². The first-order chi connectivity index (χ1) is 20.1. The van der Waals surface area contributed by atoms with Crippen LogP contribution in [0.4, 0.5) is 0 Å². The maximum Gasteiger partial charge on any atom is 0.232 e. The average molecular weight is 546 g/mol. The van der Waals surface area contributed by atoms with E-state index in [4.69, 9.17) is 10.6 Å². The molecule has 1 saturated heterocycles. The van der Waals surface area contributed by atoms with Crippen LogP contribution < -0.4 is 5.73 Å². The minimum atomic E-state index is -0.910. The number of nitrogens with two attached hydrogens (primary N) is 1. The van der Waals surface area contributed by atoms with Crippen LogP contribution in [0, 0.1) is 5.92 Å². The smallest absolute Gasteiger partial charge is 0.232 e. The Bertz CT molecular complexity index is 1370. The second kappa shape index (κ2) is 13.4. The first-order valence-electron chi connectivity index (χ1n) is 14.5. The van der Waals surface area contributed by atoms with E-state index in [2.05, 4.69) is 53.5 Å². The van der Waals surface area contributed by atoms with E-state index in [1.807, 2.05) is 84.9 Å². The summed E-state index contributed by atoms with van der Waals surface area (Å²) in [6.07, 6.45) is 3.50. The summed E-state index contributed by atoms with van der Waals surface area (Å²) in [5.41, 5.74) is 10.5. The topological polar surface area (TPSA) is 67.9 Å². The first kappa shape index (κ1) is 28.3. The molecule has 4 aromatic rings. The van der Waals surface area contributed by atoms with Crippen molar-refractivity contribution in [2.24, 2.45) is 16.8 Å². The number of primary amides is 1. The van der Waals surface area contributed by atoms with E-state index in [0.717, 1.165) is 60.2 Å². The Labute approximate surface area is 243 Å². The van der Waals surface area contributed by atoms with Crippen LogP contribution in [0.5, 0.6) is 0 Å². The number of hydrogen-bond acceptors (Lipinski definition) is 4. The van der Waals surface area contributed by atoms with Gasteiger partial charge in [-0.3, -0.25) is 4.79 Å². The van der Waals surface area contributed by atoms with Gasteiger partial charge in [-0.25, -0.2) is 0 Å². The van der Waals surface area contributed by atoms with Crippen molar-refractivity contribution in [2.75, 3.05) is 13.6 Å². The zero-order valence-electron chi connectivity index (χ0n) is 23.7.